The van der Waals surface area contributed by atoms with Crippen molar-refractivity contribution < 1.29 is 5.11 Å². The number of rotatable bonds is 0. The number of hydrogen-bond donors (Lipinski definition) is 1. The normalized spacial score (nSPS) is 42.7. The molecule has 1 heterocycles. The molecule has 18 heavy (non-hydrogen) atoms. The molecule has 0 aromatic heterocycles. The van der Waals surface area contributed by atoms with Crippen molar-refractivity contribution in [3.63, 3.8) is 0 Å². The van der Waals surface area contributed by atoms with E-state index in [1.165, 1.54) is 31.3 Å². The highest BCUT2D eigenvalue weighted by molar-refractivity contribution is 5.53. The van der Waals surface area contributed by atoms with Crippen molar-refractivity contribution in [1.29, 1.82) is 0 Å². The molecule has 3 unspecified atom stereocenters. The maximum absolute atomic E-state index is 10.00. The quantitative estimate of drug-likeness (QED) is 0.706. The molecule has 0 radical (unpaired) electrons. The highest BCUT2D eigenvalue weighted by Crippen LogP contribution is 2.55. The van der Waals surface area contributed by atoms with Crippen LogP contribution in [0.4, 0.5) is 0 Å². The van der Waals surface area contributed by atoms with E-state index >= 15 is 0 Å². The summed E-state index contributed by atoms with van der Waals surface area (Å²) >= 11 is 0. The van der Waals surface area contributed by atoms with Gasteiger partial charge in [0.1, 0.15) is 0 Å². The maximum atomic E-state index is 10.00. The van der Waals surface area contributed by atoms with E-state index in [1.54, 1.807) is 11.1 Å². The van der Waals surface area contributed by atoms with Crippen molar-refractivity contribution in [3.8, 4) is 0 Å². The average Bonchev–Trinajstić information content (AvgIpc) is 2.60. The molecule has 3 atom stereocenters. The smallest absolute Gasteiger partial charge is 0.0730 e. The molecule has 1 saturated carbocycles. The van der Waals surface area contributed by atoms with Gasteiger partial charge in [0.05, 0.1) is 6.10 Å². The summed E-state index contributed by atoms with van der Waals surface area (Å²) in [4.78, 5) is 2.57. The Morgan fingerprint density at radius 2 is 2.28 bits per heavy atom. The Hall–Kier alpha value is -0.860. The van der Waals surface area contributed by atoms with Gasteiger partial charge in [-0.1, -0.05) is 24.6 Å². The number of allylic oxidation sites excluding steroid dienone is 1. The second kappa shape index (κ2) is 3.58. The van der Waals surface area contributed by atoms with E-state index in [1.807, 2.05) is 6.08 Å². The minimum absolute atomic E-state index is 0.250. The molecule has 0 saturated heterocycles. The molecule has 0 aromatic carbocycles. The number of nitrogens with zero attached hydrogens (tertiary/aromatic N) is 1. The van der Waals surface area contributed by atoms with Crippen molar-refractivity contribution in [2.24, 2.45) is 5.92 Å². The molecule has 1 fully saturated rings. The SMILES string of the molecule is CN1CC2=C3CCCCC31C1CC(O)C=CC1=C2. The molecular formula is C16H21NO. The number of likely N-dealkylation sites (N-methyl/N-ethyl adjacent to an activating group) is 1. The van der Waals surface area contributed by atoms with E-state index in [9.17, 15) is 5.11 Å². The predicted molar refractivity (Wildman–Crippen MR) is 72.2 cm³/mol. The molecule has 1 aliphatic heterocycles. The third-order valence-corrected chi connectivity index (χ3v) is 5.54. The van der Waals surface area contributed by atoms with Gasteiger partial charge in [-0.3, -0.25) is 4.90 Å². The van der Waals surface area contributed by atoms with E-state index in [2.05, 4.69) is 24.1 Å². The second-order valence-corrected chi connectivity index (χ2v) is 6.35. The molecule has 0 amide bonds. The van der Waals surface area contributed by atoms with Crippen LogP contribution < -0.4 is 0 Å². The van der Waals surface area contributed by atoms with Crippen molar-refractivity contribution in [2.75, 3.05) is 13.6 Å². The van der Waals surface area contributed by atoms with E-state index in [-0.39, 0.29) is 11.6 Å². The second-order valence-electron chi connectivity index (χ2n) is 6.35. The molecule has 96 valence electrons. The van der Waals surface area contributed by atoms with Crippen LogP contribution in [0.15, 0.2) is 34.9 Å². The fourth-order valence-corrected chi connectivity index (χ4v) is 4.81. The lowest BCUT2D eigenvalue weighted by atomic mass is 9.62. The number of hydrogen-bond acceptors (Lipinski definition) is 2. The standard InChI is InChI=1S/C16H21NO/c1-17-10-12-8-11-5-6-13(18)9-15(11)16(17)7-3-2-4-14(12)16/h5-6,8,13,15,18H,2-4,7,9-10H2,1H3. The highest BCUT2D eigenvalue weighted by Gasteiger charge is 2.54. The molecule has 0 spiro atoms. The van der Waals surface area contributed by atoms with Crippen LogP contribution in [-0.4, -0.2) is 35.2 Å². The van der Waals surface area contributed by atoms with Crippen LogP contribution >= 0.6 is 0 Å². The monoisotopic (exact) mass is 243 g/mol. The van der Waals surface area contributed by atoms with Crippen LogP contribution in [0.1, 0.15) is 32.1 Å². The van der Waals surface area contributed by atoms with E-state index in [0.717, 1.165) is 13.0 Å². The summed E-state index contributed by atoms with van der Waals surface area (Å²) in [5.41, 5.74) is 4.99. The first kappa shape index (κ1) is 11.0. The van der Waals surface area contributed by atoms with Gasteiger partial charge in [-0.15, -0.1) is 0 Å². The number of fused-ring (bicyclic) bond motifs is 1. The lowest BCUT2D eigenvalue weighted by Crippen LogP contribution is -2.53. The fourth-order valence-electron chi connectivity index (χ4n) is 4.81. The van der Waals surface area contributed by atoms with Crippen molar-refractivity contribution in [2.45, 2.75) is 43.7 Å². The molecule has 3 aliphatic carbocycles. The topological polar surface area (TPSA) is 23.5 Å². The summed E-state index contributed by atoms with van der Waals surface area (Å²) in [6, 6.07) is 0. The Morgan fingerprint density at radius 1 is 1.39 bits per heavy atom. The van der Waals surface area contributed by atoms with Gasteiger partial charge in [0.2, 0.25) is 0 Å². The highest BCUT2D eigenvalue weighted by atomic mass is 16.3. The summed E-state index contributed by atoms with van der Waals surface area (Å²) in [5.74, 6) is 0.518. The van der Waals surface area contributed by atoms with Crippen LogP contribution in [0.25, 0.3) is 0 Å². The Labute approximate surface area is 109 Å². The first-order chi connectivity index (χ1) is 8.72. The van der Waals surface area contributed by atoms with Gasteiger partial charge >= 0.3 is 0 Å². The van der Waals surface area contributed by atoms with Crippen LogP contribution in [-0.2, 0) is 0 Å². The number of aliphatic hydroxyl groups is 1. The van der Waals surface area contributed by atoms with E-state index in [4.69, 9.17) is 0 Å². The Bertz CT molecular complexity index is 487. The largest absolute Gasteiger partial charge is 0.389 e. The molecule has 2 heteroatoms. The molecule has 4 rings (SSSR count). The van der Waals surface area contributed by atoms with Gasteiger partial charge in [-0.25, -0.2) is 0 Å². The van der Waals surface area contributed by atoms with Crippen LogP contribution in [0.5, 0.6) is 0 Å². The average molecular weight is 243 g/mol. The summed E-state index contributed by atoms with van der Waals surface area (Å²) in [5, 5.41) is 10.00. The maximum Gasteiger partial charge on any atom is 0.0730 e. The molecule has 2 bridgehead atoms. The fraction of sp³-hybridized carbons (Fsp3) is 0.625. The van der Waals surface area contributed by atoms with Crippen molar-refractivity contribution in [3.05, 3.63) is 34.9 Å². The predicted octanol–water partition coefficient (Wildman–Crippen LogP) is 2.42. The zero-order valence-corrected chi connectivity index (χ0v) is 11.0. The first-order valence-corrected chi connectivity index (χ1v) is 7.23. The van der Waals surface area contributed by atoms with Gasteiger partial charge < -0.3 is 5.11 Å². The Balaban J connectivity index is 1.89. The van der Waals surface area contributed by atoms with Gasteiger partial charge in [0, 0.05) is 18.0 Å². The molecule has 1 N–H and O–H groups in total. The zero-order valence-electron chi connectivity index (χ0n) is 11.0. The third kappa shape index (κ3) is 1.20. The van der Waals surface area contributed by atoms with Crippen LogP contribution in [0, 0.1) is 5.92 Å². The van der Waals surface area contributed by atoms with E-state index in [0.29, 0.717) is 5.92 Å². The summed E-state index contributed by atoms with van der Waals surface area (Å²) in [6.45, 7) is 1.11. The van der Waals surface area contributed by atoms with Crippen LogP contribution in [0.3, 0.4) is 0 Å². The molecule has 0 aromatic rings. The summed E-state index contributed by atoms with van der Waals surface area (Å²) < 4.78 is 0. The van der Waals surface area contributed by atoms with E-state index < -0.39 is 0 Å². The summed E-state index contributed by atoms with van der Waals surface area (Å²) in [6.07, 6.45) is 12.5. The molecule has 2 nitrogen and oxygen atoms in total. The van der Waals surface area contributed by atoms with Crippen LogP contribution in [0.2, 0.25) is 0 Å². The van der Waals surface area contributed by atoms with Crippen molar-refractivity contribution in [1.82, 2.24) is 4.90 Å². The number of aliphatic hydroxyl groups excluding tert-OH is 1. The lowest BCUT2D eigenvalue weighted by Gasteiger charge is -2.50. The zero-order chi connectivity index (χ0) is 12.3. The van der Waals surface area contributed by atoms with Gasteiger partial charge in [-0.05, 0) is 49.5 Å². The van der Waals surface area contributed by atoms with Gasteiger partial charge in [0.15, 0.2) is 0 Å². The molecular weight excluding hydrogens is 222 g/mol. The molecule has 4 aliphatic rings. The van der Waals surface area contributed by atoms with Gasteiger partial charge in [0.25, 0.3) is 0 Å². The van der Waals surface area contributed by atoms with Gasteiger partial charge in [-0.2, -0.15) is 0 Å². The Morgan fingerprint density at radius 3 is 3.17 bits per heavy atom. The lowest BCUT2D eigenvalue weighted by molar-refractivity contribution is 0.0757. The summed E-state index contributed by atoms with van der Waals surface area (Å²) in [7, 11) is 2.28. The minimum Gasteiger partial charge on any atom is -0.389 e. The minimum atomic E-state index is -0.250. The van der Waals surface area contributed by atoms with Crippen molar-refractivity contribution >= 4 is 0 Å². The Kier molecular flexibility index (Phi) is 2.19. The first-order valence-electron chi connectivity index (χ1n) is 7.23. The third-order valence-electron chi connectivity index (χ3n) is 5.54.